The number of rotatable bonds is 3. The topological polar surface area (TPSA) is 87.0 Å². The number of likely N-dealkylation sites (tertiary alicyclic amines) is 1. The Hall–Kier alpha value is -2.24. The number of imidazole rings is 1. The third kappa shape index (κ3) is 2.41. The number of hydrogen-bond acceptors (Lipinski definition) is 4. The monoisotopic (exact) mass is 273 g/mol. The minimum absolute atomic E-state index is 0.127. The van der Waals surface area contributed by atoms with Crippen molar-refractivity contribution < 1.29 is 4.79 Å². The van der Waals surface area contributed by atoms with Gasteiger partial charge in [0.05, 0.1) is 11.0 Å². The van der Waals surface area contributed by atoms with E-state index in [1.54, 1.807) is 0 Å². The SMILES string of the molecule is CC(Nc1nc2ccc(N)cc2[nH]1)C(=O)N1CCCC1. The molecule has 1 saturated heterocycles. The van der Waals surface area contributed by atoms with Crippen LogP contribution in [0.5, 0.6) is 0 Å². The van der Waals surface area contributed by atoms with Crippen molar-refractivity contribution in [2.75, 3.05) is 24.1 Å². The minimum atomic E-state index is -0.286. The number of carbonyl (C=O) groups excluding carboxylic acids is 1. The predicted molar refractivity (Wildman–Crippen MR) is 79.4 cm³/mol. The first-order valence-electron chi connectivity index (χ1n) is 6.94. The lowest BCUT2D eigenvalue weighted by atomic mass is 10.3. The van der Waals surface area contributed by atoms with E-state index in [4.69, 9.17) is 5.73 Å². The molecule has 1 fully saturated rings. The number of nitrogens with two attached hydrogens (primary N) is 1. The Morgan fingerprint density at radius 2 is 2.20 bits per heavy atom. The Morgan fingerprint density at radius 3 is 2.95 bits per heavy atom. The van der Waals surface area contributed by atoms with Gasteiger partial charge in [-0.1, -0.05) is 0 Å². The number of nitrogen functional groups attached to an aromatic ring is 1. The van der Waals surface area contributed by atoms with E-state index in [0.29, 0.717) is 11.6 Å². The van der Waals surface area contributed by atoms with Gasteiger partial charge in [-0.2, -0.15) is 0 Å². The molecule has 3 rings (SSSR count). The fourth-order valence-corrected chi connectivity index (χ4v) is 2.57. The Kier molecular flexibility index (Phi) is 3.22. The van der Waals surface area contributed by atoms with Gasteiger partial charge in [-0.3, -0.25) is 4.79 Å². The number of nitrogens with zero attached hydrogens (tertiary/aromatic N) is 2. The van der Waals surface area contributed by atoms with Crippen molar-refractivity contribution in [2.24, 2.45) is 0 Å². The summed E-state index contributed by atoms with van der Waals surface area (Å²) in [4.78, 5) is 21.7. The number of aromatic nitrogens is 2. The molecule has 6 heteroatoms. The van der Waals surface area contributed by atoms with Crippen LogP contribution in [0.2, 0.25) is 0 Å². The van der Waals surface area contributed by atoms with E-state index in [2.05, 4.69) is 15.3 Å². The molecular formula is C14H19N5O. The van der Waals surface area contributed by atoms with Crippen LogP contribution in [-0.4, -0.2) is 39.9 Å². The quantitative estimate of drug-likeness (QED) is 0.741. The molecule has 1 amide bonds. The number of amides is 1. The molecular weight excluding hydrogens is 254 g/mol. The Balaban J connectivity index is 1.73. The average Bonchev–Trinajstić information content (AvgIpc) is 3.05. The summed E-state index contributed by atoms with van der Waals surface area (Å²) in [6.45, 7) is 3.59. The lowest BCUT2D eigenvalue weighted by Gasteiger charge is -2.20. The average molecular weight is 273 g/mol. The van der Waals surface area contributed by atoms with Crippen molar-refractivity contribution in [3.8, 4) is 0 Å². The summed E-state index contributed by atoms with van der Waals surface area (Å²) in [6.07, 6.45) is 2.20. The zero-order chi connectivity index (χ0) is 14.1. The van der Waals surface area contributed by atoms with Gasteiger partial charge in [0.1, 0.15) is 6.04 Å². The summed E-state index contributed by atoms with van der Waals surface area (Å²) in [5, 5.41) is 3.13. The molecule has 4 N–H and O–H groups in total. The fraction of sp³-hybridized carbons (Fsp3) is 0.429. The number of fused-ring (bicyclic) bond motifs is 1. The van der Waals surface area contributed by atoms with Gasteiger partial charge in [0.25, 0.3) is 0 Å². The first-order valence-corrected chi connectivity index (χ1v) is 6.94. The molecule has 1 aromatic heterocycles. The second-order valence-electron chi connectivity index (χ2n) is 5.26. The number of anilines is 2. The van der Waals surface area contributed by atoms with Gasteiger partial charge < -0.3 is 20.9 Å². The lowest BCUT2D eigenvalue weighted by molar-refractivity contribution is -0.130. The Morgan fingerprint density at radius 1 is 1.45 bits per heavy atom. The third-order valence-corrected chi connectivity index (χ3v) is 3.65. The zero-order valence-corrected chi connectivity index (χ0v) is 11.5. The molecule has 0 radical (unpaired) electrons. The van der Waals surface area contributed by atoms with E-state index in [0.717, 1.165) is 37.0 Å². The van der Waals surface area contributed by atoms with Gasteiger partial charge >= 0.3 is 0 Å². The highest BCUT2D eigenvalue weighted by molar-refractivity contribution is 5.85. The van der Waals surface area contributed by atoms with Crippen LogP contribution in [-0.2, 0) is 4.79 Å². The zero-order valence-electron chi connectivity index (χ0n) is 11.5. The lowest BCUT2D eigenvalue weighted by Crippen LogP contribution is -2.39. The Labute approximate surface area is 117 Å². The van der Waals surface area contributed by atoms with Gasteiger partial charge in [0.2, 0.25) is 11.9 Å². The molecule has 1 aliphatic heterocycles. The van der Waals surface area contributed by atoms with Crippen molar-refractivity contribution in [1.82, 2.24) is 14.9 Å². The van der Waals surface area contributed by atoms with Gasteiger partial charge in [-0.25, -0.2) is 4.98 Å². The molecule has 0 bridgehead atoms. The van der Waals surface area contributed by atoms with Crippen LogP contribution in [0, 0.1) is 0 Å². The van der Waals surface area contributed by atoms with Crippen molar-refractivity contribution in [2.45, 2.75) is 25.8 Å². The molecule has 106 valence electrons. The molecule has 6 nitrogen and oxygen atoms in total. The van der Waals surface area contributed by atoms with Gasteiger partial charge in [0, 0.05) is 18.8 Å². The fourth-order valence-electron chi connectivity index (χ4n) is 2.57. The standard InChI is InChI=1S/C14H19N5O/c1-9(13(20)19-6-2-3-7-19)16-14-17-11-5-4-10(15)8-12(11)18-14/h4-5,8-9H,2-3,6-7,15H2,1H3,(H2,16,17,18). The molecule has 1 aromatic carbocycles. The number of hydrogen-bond donors (Lipinski definition) is 3. The van der Waals surface area contributed by atoms with Gasteiger partial charge in [0.15, 0.2) is 0 Å². The number of nitrogens with one attached hydrogen (secondary N) is 2. The highest BCUT2D eigenvalue weighted by atomic mass is 16.2. The maximum Gasteiger partial charge on any atom is 0.244 e. The smallest absolute Gasteiger partial charge is 0.244 e. The van der Waals surface area contributed by atoms with E-state index < -0.39 is 0 Å². The largest absolute Gasteiger partial charge is 0.399 e. The van der Waals surface area contributed by atoms with E-state index in [9.17, 15) is 4.79 Å². The summed E-state index contributed by atoms with van der Waals surface area (Å²) in [6, 6.07) is 5.22. The van der Waals surface area contributed by atoms with E-state index >= 15 is 0 Å². The summed E-state index contributed by atoms with van der Waals surface area (Å²) in [5.41, 5.74) is 8.13. The van der Waals surface area contributed by atoms with Crippen LogP contribution < -0.4 is 11.1 Å². The molecule has 1 unspecified atom stereocenters. The second kappa shape index (κ2) is 5.03. The maximum atomic E-state index is 12.2. The van der Waals surface area contributed by atoms with Crippen LogP contribution in [0.15, 0.2) is 18.2 Å². The normalized spacial score (nSPS) is 16.6. The highest BCUT2D eigenvalue weighted by Gasteiger charge is 2.23. The number of aromatic amines is 1. The van der Waals surface area contributed by atoms with Crippen LogP contribution in [0.4, 0.5) is 11.6 Å². The molecule has 1 atom stereocenters. The van der Waals surface area contributed by atoms with Crippen LogP contribution >= 0.6 is 0 Å². The van der Waals surface area contributed by atoms with Crippen LogP contribution in [0.1, 0.15) is 19.8 Å². The molecule has 2 heterocycles. The van der Waals surface area contributed by atoms with Crippen molar-refractivity contribution >= 4 is 28.6 Å². The first-order chi connectivity index (χ1) is 9.63. The molecule has 2 aromatic rings. The summed E-state index contributed by atoms with van der Waals surface area (Å²) >= 11 is 0. The van der Waals surface area contributed by atoms with Crippen molar-refractivity contribution in [3.05, 3.63) is 18.2 Å². The van der Waals surface area contributed by atoms with Gasteiger partial charge in [-0.05, 0) is 38.0 Å². The first kappa shape index (κ1) is 12.8. The summed E-state index contributed by atoms with van der Waals surface area (Å²) < 4.78 is 0. The second-order valence-corrected chi connectivity index (χ2v) is 5.26. The number of carbonyl (C=O) groups is 1. The molecule has 20 heavy (non-hydrogen) atoms. The summed E-state index contributed by atoms with van der Waals surface area (Å²) in [5.74, 6) is 0.730. The summed E-state index contributed by atoms with van der Waals surface area (Å²) in [7, 11) is 0. The molecule has 1 aliphatic rings. The molecule has 0 aliphatic carbocycles. The van der Waals surface area contributed by atoms with Gasteiger partial charge in [-0.15, -0.1) is 0 Å². The predicted octanol–water partition coefficient (Wildman–Crippen LogP) is 1.57. The van der Waals surface area contributed by atoms with E-state index in [1.165, 1.54) is 0 Å². The molecule has 0 spiro atoms. The third-order valence-electron chi connectivity index (χ3n) is 3.65. The van der Waals surface area contributed by atoms with Crippen molar-refractivity contribution in [3.63, 3.8) is 0 Å². The maximum absolute atomic E-state index is 12.2. The van der Waals surface area contributed by atoms with Crippen molar-refractivity contribution in [1.29, 1.82) is 0 Å². The van der Waals surface area contributed by atoms with Crippen LogP contribution in [0.25, 0.3) is 11.0 Å². The van der Waals surface area contributed by atoms with E-state index in [-0.39, 0.29) is 11.9 Å². The minimum Gasteiger partial charge on any atom is -0.399 e. The highest BCUT2D eigenvalue weighted by Crippen LogP contribution is 2.18. The molecule has 0 saturated carbocycles. The number of benzene rings is 1. The van der Waals surface area contributed by atoms with Crippen LogP contribution in [0.3, 0.4) is 0 Å². The number of H-pyrrole nitrogens is 1. The Bertz CT molecular complexity index is 630. The van der Waals surface area contributed by atoms with E-state index in [1.807, 2.05) is 30.0 Å².